The third-order valence-electron chi connectivity index (χ3n) is 6.80. The largest absolute Gasteiger partial charge is 0.377 e. The lowest BCUT2D eigenvalue weighted by molar-refractivity contribution is -0.117. The van der Waals surface area contributed by atoms with Gasteiger partial charge in [-0.1, -0.05) is 12.8 Å². The van der Waals surface area contributed by atoms with Crippen LogP contribution in [-0.2, 0) is 4.74 Å². The Labute approximate surface area is 153 Å². The van der Waals surface area contributed by atoms with Crippen molar-refractivity contribution in [1.29, 1.82) is 0 Å². The van der Waals surface area contributed by atoms with Crippen LogP contribution in [0, 0.1) is 11.3 Å². The van der Waals surface area contributed by atoms with Gasteiger partial charge in [0.2, 0.25) is 0 Å². The number of rotatable bonds is 2. The van der Waals surface area contributed by atoms with Gasteiger partial charge < -0.3 is 20.3 Å². The molecular weight excluding hydrogens is 334 g/mol. The van der Waals surface area contributed by atoms with E-state index in [1.54, 1.807) is 11.3 Å². The van der Waals surface area contributed by atoms with E-state index >= 15 is 0 Å². The van der Waals surface area contributed by atoms with E-state index in [2.05, 4.69) is 14.8 Å². The first kappa shape index (κ1) is 15.9. The van der Waals surface area contributed by atoms with Crippen LogP contribution in [0.2, 0.25) is 0 Å². The van der Waals surface area contributed by atoms with Crippen LogP contribution in [-0.4, -0.2) is 60.8 Å². The van der Waals surface area contributed by atoms with Crippen molar-refractivity contribution >= 4 is 22.4 Å². The lowest BCUT2D eigenvalue weighted by Gasteiger charge is -2.55. The predicted octanol–water partition coefficient (Wildman–Crippen LogP) is 1.93. The van der Waals surface area contributed by atoms with Crippen molar-refractivity contribution in [2.75, 3.05) is 37.7 Å². The Kier molecular flexibility index (Phi) is 3.89. The van der Waals surface area contributed by atoms with E-state index in [4.69, 9.17) is 15.5 Å². The summed E-state index contributed by atoms with van der Waals surface area (Å²) in [7, 11) is 0. The van der Waals surface area contributed by atoms with Crippen LogP contribution in [0.3, 0.4) is 0 Å². The number of hydrogen-bond donors (Lipinski definition) is 1. The molecule has 5 rings (SSSR count). The minimum atomic E-state index is 0.300. The molecule has 3 atom stereocenters. The molecule has 2 aliphatic carbocycles. The molecule has 1 spiro atoms. The van der Waals surface area contributed by atoms with Crippen molar-refractivity contribution in [3.05, 3.63) is 11.6 Å². The molecule has 1 aromatic heterocycles. The standard InChI is InChI=1S/C18H27N5OS/c19-16(22-7-9-23(10-8-22)17-20-6-12-25-17)21-14-13-3-11-24-15(13)18(14)4-1-2-5-18/h6,12-15H,1-5,7-11H2,(H2,19,21). The summed E-state index contributed by atoms with van der Waals surface area (Å²) in [6, 6.07) is 0.388. The monoisotopic (exact) mass is 361 g/mol. The molecule has 0 bridgehead atoms. The zero-order valence-electron chi connectivity index (χ0n) is 14.6. The molecule has 1 aromatic rings. The van der Waals surface area contributed by atoms with Gasteiger partial charge in [0.05, 0.1) is 12.1 Å². The average molecular weight is 362 g/mol. The third kappa shape index (κ3) is 2.46. The number of fused-ring (bicyclic) bond motifs is 2. The summed E-state index contributed by atoms with van der Waals surface area (Å²) in [5, 5.41) is 3.15. The van der Waals surface area contributed by atoms with Crippen LogP contribution < -0.4 is 10.6 Å². The zero-order valence-corrected chi connectivity index (χ0v) is 15.5. The fraction of sp³-hybridized carbons (Fsp3) is 0.778. The van der Waals surface area contributed by atoms with Crippen molar-refractivity contribution in [3.8, 4) is 0 Å². The number of aliphatic imine (C=N–C) groups is 1. The van der Waals surface area contributed by atoms with Gasteiger partial charge in [0.1, 0.15) is 0 Å². The summed E-state index contributed by atoms with van der Waals surface area (Å²) >= 11 is 1.71. The molecule has 3 unspecified atom stereocenters. The summed E-state index contributed by atoms with van der Waals surface area (Å²) in [6.45, 7) is 4.71. The smallest absolute Gasteiger partial charge is 0.191 e. The molecule has 0 aromatic carbocycles. The van der Waals surface area contributed by atoms with Gasteiger partial charge >= 0.3 is 0 Å². The molecule has 3 heterocycles. The van der Waals surface area contributed by atoms with E-state index in [0.29, 0.717) is 23.5 Å². The highest BCUT2D eigenvalue weighted by Gasteiger charge is 2.65. The lowest BCUT2D eigenvalue weighted by Crippen LogP contribution is -2.62. The van der Waals surface area contributed by atoms with Crippen molar-refractivity contribution in [1.82, 2.24) is 9.88 Å². The molecule has 4 aliphatic rings. The van der Waals surface area contributed by atoms with Gasteiger partial charge in [-0.2, -0.15) is 0 Å². The van der Waals surface area contributed by atoms with Crippen molar-refractivity contribution in [2.24, 2.45) is 22.1 Å². The van der Waals surface area contributed by atoms with Gasteiger partial charge in [0.25, 0.3) is 0 Å². The van der Waals surface area contributed by atoms with E-state index in [0.717, 1.165) is 50.3 Å². The maximum atomic E-state index is 6.46. The van der Waals surface area contributed by atoms with Crippen molar-refractivity contribution in [2.45, 2.75) is 44.2 Å². The van der Waals surface area contributed by atoms with Crippen molar-refractivity contribution < 1.29 is 4.74 Å². The number of aromatic nitrogens is 1. The third-order valence-corrected chi connectivity index (χ3v) is 7.63. The van der Waals surface area contributed by atoms with Crippen LogP contribution in [0.1, 0.15) is 32.1 Å². The summed E-state index contributed by atoms with van der Waals surface area (Å²) in [6.07, 6.45) is 8.68. The molecule has 4 fully saturated rings. The summed E-state index contributed by atoms with van der Waals surface area (Å²) in [5.41, 5.74) is 6.76. The molecule has 2 saturated carbocycles. The molecule has 0 radical (unpaired) electrons. The minimum absolute atomic E-state index is 0.300. The molecule has 136 valence electrons. The molecule has 2 saturated heterocycles. The van der Waals surface area contributed by atoms with E-state index in [9.17, 15) is 0 Å². The Hall–Kier alpha value is -1.34. The van der Waals surface area contributed by atoms with Gasteiger partial charge in [0.15, 0.2) is 11.1 Å². The van der Waals surface area contributed by atoms with E-state index < -0.39 is 0 Å². The summed E-state index contributed by atoms with van der Waals surface area (Å²) < 4.78 is 6.07. The van der Waals surface area contributed by atoms with E-state index in [1.807, 2.05) is 11.6 Å². The SMILES string of the molecule is NC(=NC1C2CCOC2C12CCCC2)N1CCN(c2nccs2)CC1. The fourth-order valence-corrected chi connectivity index (χ4v) is 6.26. The molecule has 2 N–H and O–H groups in total. The van der Waals surface area contributed by atoms with E-state index in [1.165, 1.54) is 25.7 Å². The number of nitrogens with two attached hydrogens (primary N) is 1. The quantitative estimate of drug-likeness (QED) is 0.644. The number of hydrogen-bond acceptors (Lipinski definition) is 5. The number of nitrogens with zero attached hydrogens (tertiary/aromatic N) is 4. The Morgan fingerprint density at radius 2 is 2.08 bits per heavy atom. The van der Waals surface area contributed by atoms with Gasteiger partial charge in [-0.15, -0.1) is 11.3 Å². The first-order chi connectivity index (χ1) is 12.3. The first-order valence-corrected chi connectivity index (χ1v) is 10.5. The maximum absolute atomic E-state index is 6.46. The van der Waals surface area contributed by atoms with Gasteiger partial charge in [-0.25, -0.2) is 9.98 Å². The normalized spacial score (nSPS) is 34.4. The number of anilines is 1. The Morgan fingerprint density at radius 1 is 1.28 bits per heavy atom. The van der Waals surface area contributed by atoms with Crippen molar-refractivity contribution in [3.63, 3.8) is 0 Å². The van der Waals surface area contributed by atoms with Crippen LogP contribution >= 0.6 is 11.3 Å². The summed E-state index contributed by atoms with van der Waals surface area (Å²) in [4.78, 5) is 14.1. The second kappa shape index (κ2) is 6.13. The fourth-order valence-electron chi connectivity index (χ4n) is 5.56. The molecule has 2 aliphatic heterocycles. The second-order valence-corrected chi connectivity index (χ2v) is 8.78. The number of guanidine groups is 1. The van der Waals surface area contributed by atoms with Crippen LogP contribution in [0.5, 0.6) is 0 Å². The van der Waals surface area contributed by atoms with E-state index in [-0.39, 0.29) is 0 Å². The zero-order chi connectivity index (χ0) is 16.9. The maximum Gasteiger partial charge on any atom is 0.191 e. The number of piperazine rings is 1. The lowest BCUT2D eigenvalue weighted by atomic mass is 9.54. The molecule has 6 nitrogen and oxygen atoms in total. The van der Waals surface area contributed by atoms with Gasteiger partial charge in [0, 0.05) is 55.7 Å². The summed E-state index contributed by atoms with van der Waals surface area (Å²) in [5.74, 6) is 1.36. The Bertz CT molecular complexity index is 634. The second-order valence-electron chi connectivity index (χ2n) is 7.91. The highest BCUT2D eigenvalue weighted by Crippen LogP contribution is 2.62. The molecular formula is C18H27N5OS. The van der Waals surface area contributed by atoms with Gasteiger partial charge in [-0.3, -0.25) is 0 Å². The van der Waals surface area contributed by atoms with Gasteiger partial charge in [-0.05, 0) is 19.3 Å². The topological polar surface area (TPSA) is 67.0 Å². The number of thiazole rings is 1. The molecule has 0 amide bonds. The van der Waals surface area contributed by atoms with Crippen LogP contribution in [0.4, 0.5) is 5.13 Å². The first-order valence-electron chi connectivity index (χ1n) is 9.62. The Balaban J connectivity index is 1.27. The number of ether oxygens (including phenoxy) is 1. The average Bonchev–Trinajstić information content (AvgIpc) is 3.40. The van der Waals surface area contributed by atoms with Crippen LogP contribution in [0.15, 0.2) is 16.6 Å². The Morgan fingerprint density at radius 3 is 2.80 bits per heavy atom. The highest BCUT2D eigenvalue weighted by atomic mass is 32.1. The predicted molar refractivity (Wildman–Crippen MR) is 100 cm³/mol. The minimum Gasteiger partial charge on any atom is -0.377 e. The molecule has 25 heavy (non-hydrogen) atoms. The molecule has 7 heteroatoms. The highest BCUT2D eigenvalue weighted by molar-refractivity contribution is 7.13. The van der Waals surface area contributed by atoms with Crippen LogP contribution in [0.25, 0.3) is 0 Å².